The number of esters is 1. The molecule has 0 amide bonds. The van der Waals surface area contributed by atoms with Gasteiger partial charge in [0.1, 0.15) is 28.3 Å². The van der Waals surface area contributed by atoms with Crippen molar-refractivity contribution in [2.75, 3.05) is 31.6 Å². The van der Waals surface area contributed by atoms with Crippen molar-refractivity contribution < 1.29 is 14.3 Å². The first-order chi connectivity index (χ1) is 22.7. The summed E-state index contributed by atoms with van der Waals surface area (Å²) >= 11 is 0. The van der Waals surface area contributed by atoms with Gasteiger partial charge >= 0.3 is 5.97 Å². The third-order valence-corrected chi connectivity index (χ3v) is 9.07. The topological polar surface area (TPSA) is 70.7 Å². The number of fused-ring (bicyclic) bond motifs is 1. The first-order valence-corrected chi connectivity index (χ1v) is 16.5. The summed E-state index contributed by atoms with van der Waals surface area (Å²) in [5.74, 6) is 0.546. The van der Waals surface area contributed by atoms with Gasteiger partial charge in [0.25, 0.3) is 0 Å². The lowest BCUT2D eigenvalue weighted by atomic mass is 9.90. The van der Waals surface area contributed by atoms with Gasteiger partial charge in [0.05, 0.1) is 12.2 Å². The van der Waals surface area contributed by atoms with Crippen LogP contribution in [0.25, 0.3) is 27.7 Å². The molecule has 1 atom stereocenters. The fourth-order valence-corrected chi connectivity index (χ4v) is 6.73. The van der Waals surface area contributed by atoms with Gasteiger partial charge in [-0.3, -0.25) is 0 Å². The molecule has 0 spiro atoms. The maximum Gasteiger partial charge on any atom is 0.342 e. The van der Waals surface area contributed by atoms with Crippen molar-refractivity contribution in [1.82, 2.24) is 14.9 Å². The molecular formula is C40H42N4O3. The number of H-pyrrole nitrogens is 1. The minimum atomic E-state index is -0.632. The van der Waals surface area contributed by atoms with E-state index >= 15 is 0 Å². The average molecular weight is 627 g/mol. The number of nitrogens with zero attached hydrogens (tertiary/aromatic N) is 3. The molecule has 2 aliphatic rings. The van der Waals surface area contributed by atoms with Crippen LogP contribution >= 0.6 is 0 Å². The summed E-state index contributed by atoms with van der Waals surface area (Å²) in [6, 6.07) is 27.6. The zero-order valence-electron chi connectivity index (χ0n) is 27.6. The predicted octanol–water partition coefficient (Wildman–Crippen LogP) is 9.04. The number of hydrogen-bond acceptors (Lipinski definition) is 6. The predicted molar refractivity (Wildman–Crippen MR) is 189 cm³/mol. The summed E-state index contributed by atoms with van der Waals surface area (Å²) in [5.41, 5.74) is 8.03. The second-order valence-corrected chi connectivity index (χ2v) is 13.6. The Morgan fingerprint density at radius 2 is 1.77 bits per heavy atom. The van der Waals surface area contributed by atoms with Crippen molar-refractivity contribution in [2.45, 2.75) is 51.7 Å². The Kier molecular flexibility index (Phi) is 8.33. The highest BCUT2D eigenvalue weighted by Crippen LogP contribution is 2.41. The largest absolute Gasteiger partial charge is 0.456 e. The van der Waals surface area contributed by atoms with Gasteiger partial charge in [0.2, 0.25) is 0 Å². The van der Waals surface area contributed by atoms with Crippen molar-refractivity contribution in [3.05, 3.63) is 114 Å². The van der Waals surface area contributed by atoms with E-state index in [4.69, 9.17) is 9.47 Å². The highest BCUT2D eigenvalue weighted by atomic mass is 16.6. The SMILES string of the molecule is CN1CC=C(c2ccccc2[C@H]2CCCN2c2ccc(-c3ccc(C(=O)OC(C)(C)C)c(Oc4cnc5[nH]ccc5c4)c3)cc2)CC1. The number of likely N-dealkylation sites (N-methyl/N-ethyl adjacent to an activating group) is 1. The van der Waals surface area contributed by atoms with Crippen LogP contribution < -0.4 is 9.64 Å². The summed E-state index contributed by atoms with van der Waals surface area (Å²) in [6.07, 6.45) is 9.30. The van der Waals surface area contributed by atoms with Crippen molar-refractivity contribution in [3.63, 3.8) is 0 Å². The Balaban J connectivity index is 1.17. The minimum Gasteiger partial charge on any atom is -0.456 e. The Bertz CT molecular complexity index is 1940. The number of aromatic amines is 1. The third-order valence-electron chi connectivity index (χ3n) is 9.07. The van der Waals surface area contributed by atoms with Gasteiger partial charge in [-0.15, -0.1) is 0 Å². The van der Waals surface area contributed by atoms with Crippen LogP contribution in [0.4, 0.5) is 5.69 Å². The third kappa shape index (κ3) is 6.67. The molecule has 2 aromatic heterocycles. The summed E-state index contributed by atoms with van der Waals surface area (Å²) < 4.78 is 12.1. The molecular weight excluding hydrogens is 584 g/mol. The molecule has 47 heavy (non-hydrogen) atoms. The first-order valence-electron chi connectivity index (χ1n) is 16.5. The molecule has 1 N–H and O–H groups in total. The Morgan fingerprint density at radius 3 is 2.55 bits per heavy atom. The van der Waals surface area contributed by atoms with Gasteiger partial charge < -0.3 is 24.3 Å². The number of pyridine rings is 1. The van der Waals surface area contributed by atoms with E-state index in [1.165, 1.54) is 28.8 Å². The maximum atomic E-state index is 13.2. The zero-order chi connectivity index (χ0) is 32.5. The summed E-state index contributed by atoms with van der Waals surface area (Å²) in [5, 5.41) is 0.930. The lowest BCUT2D eigenvalue weighted by Gasteiger charge is -2.30. The van der Waals surface area contributed by atoms with Gasteiger partial charge in [0, 0.05) is 36.9 Å². The number of ether oxygens (including phenoxy) is 2. The Labute approximate surface area is 276 Å². The first kappa shape index (κ1) is 30.8. The van der Waals surface area contributed by atoms with Crippen LogP contribution in [-0.2, 0) is 4.74 Å². The molecule has 0 unspecified atom stereocenters. The monoisotopic (exact) mass is 626 g/mol. The van der Waals surface area contributed by atoms with Gasteiger partial charge in [-0.25, -0.2) is 9.78 Å². The molecule has 4 heterocycles. The number of benzene rings is 3. The van der Waals surface area contributed by atoms with Crippen LogP contribution in [0.1, 0.15) is 67.6 Å². The van der Waals surface area contributed by atoms with Crippen LogP contribution in [0.5, 0.6) is 11.5 Å². The smallest absolute Gasteiger partial charge is 0.342 e. The molecule has 1 saturated heterocycles. The Hall–Kier alpha value is -4.88. The average Bonchev–Trinajstić information content (AvgIpc) is 3.74. The summed E-state index contributed by atoms with van der Waals surface area (Å²) in [6.45, 7) is 8.72. The van der Waals surface area contributed by atoms with Crippen molar-refractivity contribution in [3.8, 4) is 22.6 Å². The van der Waals surface area contributed by atoms with E-state index in [-0.39, 0.29) is 0 Å². The summed E-state index contributed by atoms with van der Waals surface area (Å²) in [7, 11) is 2.19. The van der Waals surface area contributed by atoms with Crippen LogP contribution in [0.15, 0.2) is 97.3 Å². The van der Waals surface area contributed by atoms with Crippen molar-refractivity contribution >= 4 is 28.3 Å². The zero-order valence-corrected chi connectivity index (χ0v) is 27.6. The molecule has 0 radical (unpaired) electrons. The summed E-state index contributed by atoms with van der Waals surface area (Å²) in [4.78, 5) is 25.7. The number of carbonyl (C=O) groups excluding carboxylic acids is 1. The number of aromatic nitrogens is 2. The van der Waals surface area contributed by atoms with Gasteiger partial charge in [-0.1, -0.05) is 48.5 Å². The molecule has 3 aromatic carbocycles. The molecule has 240 valence electrons. The van der Waals surface area contributed by atoms with Crippen molar-refractivity contribution in [1.29, 1.82) is 0 Å². The number of carbonyl (C=O) groups is 1. The van der Waals surface area contributed by atoms with E-state index in [1.54, 1.807) is 12.3 Å². The second-order valence-electron chi connectivity index (χ2n) is 13.6. The van der Waals surface area contributed by atoms with E-state index in [0.717, 1.165) is 54.6 Å². The molecule has 7 nitrogen and oxygen atoms in total. The molecule has 7 rings (SSSR count). The fourth-order valence-electron chi connectivity index (χ4n) is 6.73. The normalized spacial score (nSPS) is 17.1. The molecule has 7 heteroatoms. The van der Waals surface area contributed by atoms with Gasteiger partial charge in [0.15, 0.2) is 0 Å². The van der Waals surface area contributed by atoms with E-state index < -0.39 is 11.6 Å². The van der Waals surface area contributed by atoms with Crippen molar-refractivity contribution in [2.24, 2.45) is 0 Å². The highest BCUT2D eigenvalue weighted by molar-refractivity contribution is 5.94. The van der Waals surface area contributed by atoms with E-state index in [0.29, 0.717) is 23.1 Å². The van der Waals surface area contributed by atoms with E-state index in [1.807, 2.05) is 51.2 Å². The lowest BCUT2D eigenvalue weighted by Crippen LogP contribution is -2.25. The van der Waals surface area contributed by atoms with Crippen LogP contribution in [0, 0.1) is 0 Å². The highest BCUT2D eigenvalue weighted by Gasteiger charge is 2.29. The number of nitrogens with one attached hydrogen (secondary N) is 1. The molecule has 5 aromatic rings. The fraction of sp³-hybridized carbons (Fsp3) is 0.300. The lowest BCUT2D eigenvalue weighted by molar-refractivity contribution is 0.00672. The van der Waals surface area contributed by atoms with Crippen LogP contribution in [0.3, 0.4) is 0 Å². The van der Waals surface area contributed by atoms with E-state index in [2.05, 4.69) is 81.4 Å². The molecule has 0 saturated carbocycles. The van der Waals surface area contributed by atoms with Crippen LogP contribution in [0.2, 0.25) is 0 Å². The minimum absolute atomic E-state index is 0.344. The quantitative estimate of drug-likeness (QED) is 0.182. The molecule has 0 aliphatic carbocycles. The number of rotatable bonds is 7. The van der Waals surface area contributed by atoms with Gasteiger partial charge in [-0.05, 0) is 111 Å². The number of hydrogen-bond donors (Lipinski definition) is 1. The second kappa shape index (κ2) is 12.7. The molecule has 2 aliphatic heterocycles. The van der Waals surface area contributed by atoms with Crippen LogP contribution in [-0.4, -0.2) is 53.1 Å². The molecule has 1 fully saturated rings. The molecule has 0 bridgehead atoms. The van der Waals surface area contributed by atoms with E-state index in [9.17, 15) is 4.79 Å². The maximum absolute atomic E-state index is 13.2. The Morgan fingerprint density at radius 1 is 0.957 bits per heavy atom. The van der Waals surface area contributed by atoms with Gasteiger partial charge in [-0.2, -0.15) is 0 Å². The number of anilines is 1. The standard InChI is InChI=1S/C40H42N4O3/c1-40(2,3)47-39(45)35-16-13-29(25-37(35)46-32-24-30-17-20-41-38(30)42-26-32)27-11-14-31(15-12-27)44-21-7-10-36(44)34-9-6-5-8-33(34)28-18-22-43(4)23-19-28/h5-6,8-9,11-18,20,24-26,36H,7,10,19,21-23H2,1-4H3,(H,41,42)/t36-/m1/s1.